The molecule has 2 aliphatic heterocycles. The van der Waals surface area contributed by atoms with Crippen LogP contribution in [0.3, 0.4) is 0 Å². The summed E-state index contributed by atoms with van der Waals surface area (Å²) in [5.74, 6) is 0.873. The number of carbonyl (C=O) groups excluding carboxylic acids is 1. The van der Waals surface area contributed by atoms with Crippen molar-refractivity contribution in [2.75, 3.05) is 24.5 Å². The molecule has 2 aromatic carbocycles. The molecular weight excluding hydrogens is 464 g/mol. The zero-order valence-electron chi connectivity index (χ0n) is 19.5. The van der Waals surface area contributed by atoms with Gasteiger partial charge in [0.25, 0.3) is 5.91 Å². The van der Waals surface area contributed by atoms with Gasteiger partial charge in [0.05, 0.1) is 17.5 Å². The van der Waals surface area contributed by atoms with E-state index in [2.05, 4.69) is 4.98 Å². The van der Waals surface area contributed by atoms with E-state index in [1.807, 2.05) is 34.2 Å². The number of pyridine rings is 1. The lowest BCUT2D eigenvalue weighted by Gasteiger charge is -2.33. The number of halogens is 2. The van der Waals surface area contributed by atoms with Gasteiger partial charge in [-0.2, -0.15) is 0 Å². The average Bonchev–Trinajstić information content (AvgIpc) is 2.92. The number of aromatic nitrogens is 1. The van der Waals surface area contributed by atoms with Gasteiger partial charge in [0, 0.05) is 44.7 Å². The van der Waals surface area contributed by atoms with Crippen molar-refractivity contribution in [3.63, 3.8) is 0 Å². The summed E-state index contributed by atoms with van der Waals surface area (Å²) in [5.41, 5.74) is 1.42. The number of benzene rings is 2. The Bertz CT molecular complexity index is 1250. The number of ether oxygens (including phenoxy) is 2. The minimum Gasteiger partial charge on any atom is -0.490 e. The third kappa shape index (κ3) is 5.71. The Morgan fingerprint density at radius 1 is 0.889 bits per heavy atom. The standard InChI is InChI=1S/C28H25F2N3O3/c29-21-3-8-24(9-4-21)35-26-13-16-32(17-14-26)28(34)20-2-1-15-33(19-20)23-7-12-27(31-18-23)36-25-10-5-22(30)6-11-25/h1-12,18-19,26H,13-17H2. The Balaban J connectivity index is 1.17. The lowest BCUT2D eigenvalue weighted by Crippen LogP contribution is -2.42. The van der Waals surface area contributed by atoms with Crippen molar-refractivity contribution in [2.24, 2.45) is 0 Å². The second kappa shape index (κ2) is 10.6. The van der Waals surface area contributed by atoms with Gasteiger partial charge in [0.1, 0.15) is 29.2 Å². The number of hydrogen-bond donors (Lipinski definition) is 0. The van der Waals surface area contributed by atoms with Gasteiger partial charge < -0.3 is 19.3 Å². The van der Waals surface area contributed by atoms with E-state index in [-0.39, 0.29) is 23.6 Å². The maximum absolute atomic E-state index is 13.1. The maximum Gasteiger partial charge on any atom is 0.255 e. The third-order valence-electron chi connectivity index (χ3n) is 6.08. The van der Waals surface area contributed by atoms with Gasteiger partial charge in [0.15, 0.2) is 0 Å². The smallest absolute Gasteiger partial charge is 0.255 e. The third-order valence-corrected chi connectivity index (χ3v) is 6.08. The van der Waals surface area contributed by atoms with Crippen molar-refractivity contribution in [1.82, 2.24) is 9.88 Å². The van der Waals surface area contributed by atoms with Crippen LogP contribution in [-0.2, 0) is 4.79 Å². The SMILES string of the molecule is O=C(C1=CN(c2ccc(Oc3ccc(F)cc3)nc2)CC=C1)N1CCC(Oc2ccc(F)cc2)CC1. The van der Waals surface area contributed by atoms with Crippen LogP contribution in [0, 0.1) is 11.6 Å². The number of anilines is 1. The molecule has 184 valence electrons. The largest absolute Gasteiger partial charge is 0.490 e. The number of hydrogen-bond acceptors (Lipinski definition) is 5. The first-order valence-corrected chi connectivity index (χ1v) is 11.8. The van der Waals surface area contributed by atoms with Crippen molar-refractivity contribution in [1.29, 1.82) is 0 Å². The van der Waals surface area contributed by atoms with Crippen LogP contribution >= 0.6 is 0 Å². The topological polar surface area (TPSA) is 54.9 Å². The monoisotopic (exact) mass is 489 g/mol. The van der Waals surface area contributed by atoms with Crippen molar-refractivity contribution in [3.8, 4) is 17.4 Å². The summed E-state index contributed by atoms with van der Waals surface area (Å²) in [6.45, 7) is 1.80. The number of carbonyl (C=O) groups is 1. The van der Waals surface area contributed by atoms with E-state index in [1.54, 1.807) is 36.5 Å². The molecule has 5 rings (SSSR count). The minimum atomic E-state index is -0.330. The normalized spacial score (nSPS) is 16.0. The molecule has 0 unspecified atom stereocenters. The highest BCUT2D eigenvalue weighted by Gasteiger charge is 2.26. The summed E-state index contributed by atoms with van der Waals surface area (Å²) < 4.78 is 37.8. The van der Waals surface area contributed by atoms with E-state index >= 15 is 0 Å². The maximum atomic E-state index is 13.1. The van der Waals surface area contributed by atoms with Crippen molar-refractivity contribution in [3.05, 3.63) is 102 Å². The summed E-state index contributed by atoms with van der Waals surface area (Å²) in [5, 5.41) is 0. The van der Waals surface area contributed by atoms with E-state index in [0.29, 0.717) is 55.4 Å². The molecule has 1 saturated heterocycles. The fourth-order valence-corrected chi connectivity index (χ4v) is 4.15. The fourth-order valence-electron chi connectivity index (χ4n) is 4.15. The summed E-state index contributed by atoms with van der Waals surface area (Å²) in [6, 6.07) is 15.3. The molecule has 0 bridgehead atoms. The second-order valence-electron chi connectivity index (χ2n) is 8.61. The van der Waals surface area contributed by atoms with Crippen LogP contribution in [0.2, 0.25) is 0 Å². The molecule has 1 aromatic heterocycles. The Morgan fingerprint density at radius 3 is 2.19 bits per heavy atom. The molecule has 1 amide bonds. The summed E-state index contributed by atoms with van der Waals surface area (Å²) in [7, 11) is 0. The van der Waals surface area contributed by atoms with Crippen LogP contribution in [0.15, 0.2) is 90.8 Å². The molecule has 0 radical (unpaired) electrons. The number of rotatable bonds is 6. The van der Waals surface area contributed by atoms with Gasteiger partial charge in [-0.1, -0.05) is 12.2 Å². The molecule has 6 nitrogen and oxygen atoms in total. The summed E-state index contributed by atoms with van der Waals surface area (Å²) in [4.78, 5) is 21.3. The zero-order valence-corrected chi connectivity index (χ0v) is 19.5. The lowest BCUT2D eigenvalue weighted by atomic mass is 10.1. The van der Waals surface area contributed by atoms with E-state index in [9.17, 15) is 13.6 Å². The first-order valence-electron chi connectivity index (χ1n) is 11.8. The van der Waals surface area contributed by atoms with E-state index < -0.39 is 0 Å². The van der Waals surface area contributed by atoms with E-state index in [1.165, 1.54) is 24.3 Å². The molecule has 0 saturated carbocycles. The Kier molecular flexibility index (Phi) is 6.93. The Hall–Kier alpha value is -4.20. The van der Waals surface area contributed by atoms with Crippen LogP contribution in [0.25, 0.3) is 0 Å². The minimum absolute atomic E-state index is 0.00592. The molecule has 8 heteroatoms. The molecule has 2 aliphatic rings. The van der Waals surface area contributed by atoms with Gasteiger partial charge in [-0.15, -0.1) is 0 Å². The van der Waals surface area contributed by atoms with Crippen molar-refractivity contribution < 1.29 is 23.0 Å². The molecular formula is C28H25F2N3O3. The molecule has 36 heavy (non-hydrogen) atoms. The second-order valence-corrected chi connectivity index (χ2v) is 8.61. The van der Waals surface area contributed by atoms with Crippen molar-refractivity contribution in [2.45, 2.75) is 18.9 Å². The highest BCUT2D eigenvalue weighted by molar-refractivity contribution is 5.97. The van der Waals surface area contributed by atoms with Gasteiger partial charge in [-0.25, -0.2) is 13.8 Å². The predicted molar refractivity (Wildman–Crippen MR) is 132 cm³/mol. The van der Waals surface area contributed by atoms with Crippen LogP contribution < -0.4 is 14.4 Å². The quantitative estimate of drug-likeness (QED) is 0.459. The number of piperidine rings is 1. The van der Waals surface area contributed by atoms with Crippen LogP contribution in [0.5, 0.6) is 17.4 Å². The highest BCUT2D eigenvalue weighted by Crippen LogP contribution is 2.25. The summed E-state index contributed by atoms with van der Waals surface area (Å²) in [6.07, 6.45) is 8.72. The fraction of sp³-hybridized carbons (Fsp3) is 0.214. The van der Waals surface area contributed by atoms with E-state index in [0.717, 1.165) is 5.69 Å². The van der Waals surface area contributed by atoms with Gasteiger partial charge in [0.2, 0.25) is 5.88 Å². The number of likely N-dealkylation sites (tertiary alicyclic amines) is 1. The molecule has 0 N–H and O–H groups in total. The Labute approximate surface area is 208 Å². The molecule has 0 spiro atoms. The van der Waals surface area contributed by atoms with Crippen LogP contribution in [-0.4, -0.2) is 41.5 Å². The van der Waals surface area contributed by atoms with Crippen LogP contribution in [0.4, 0.5) is 14.5 Å². The first kappa shape index (κ1) is 23.5. The first-order chi connectivity index (χ1) is 17.5. The molecule has 1 fully saturated rings. The van der Waals surface area contributed by atoms with Crippen molar-refractivity contribution >= 4 is 11.6 Å². The summed E-state index contributed by atoms with van der Waals surface area (Å²) >= 11 is 0. The molecule has 0 aliphatic carbocycles. The van der Waals surface area contributed by atoms with Crippen LogP contribution in [0.1, 0.15) is 12.8 Å². The lowest BCUT2D eigenvalue weighted by molar-refractivity contribution is -0.128. The zero-order chi connectivity index (χ0) is 24.9. The van der Waals surface area contributed by atoms with Gasteiger partial charge >= 0.3 is 0 Å². The van der Waals surface area contributed by atoms with Gasteiger partial charge in [-0.05, 0) is 54.6 Å². The average molecular weight is 490 g/mol. The Morgan fingerprint density at radius 2 is 1.56 bits per heavy atom. The highest BCUT2D eigenvalue weighted by atomic mass is 19.1. The molecule has 3 aromatic rings. The molecule has 0 atom stereocenters. The number of nitrogens with zero attached hydrogens (tertiary/aromatic N) is 3. The predicted octanol–water partition coefficient (Wildman–Crippen LogP) is 5.48. The molecule has 3 heterocycles. The van der Waals surface area contributed by atoms with Gasteiger partial charge in [-0.3, -0.25) is 4.79 Å². The van der Waals surface area contributed by atoms with E-state index in [4.69, 9.17) is 9.47 Å². The number of amides is 1.